The van der Waals surface area contributed by atoms with E-state index in [9.17, 15) is 14.3 Å². The van der Waals surface area contributed by atoms with E-state index in [0.29, 0.717) is 6.54 Å². The monoisotopic (exact) mass is 251 g/mol. The lowest BCUT2D eigenvalue weighted by atomic mass is 10.1. The van der Waals surface area contributed by atoms with E-state index in [1.807, 2.05) is 11.8 Å². The minimum atomic E-state index is -1.07. The third-order valence-electron chi connectivity index (χ3n) is 3.61. The molecule has 2 rings (SSSR count). The van der Waals surface area contributed by atoms with Crippen molar-refractivity contribution in [3.63, 3.8) is 0 Å². The van der Waals surface area contributed by atoms with Crippen molar-refractivity contribution in [2.24, 2.45) is 0 Å². The highest BCUT2D eigenvalue weighted by Gasteiger charge is 2.27. The first-order chi connectivity index (χ1) is 8.65. The average Bonchev–Trinajstić information content (AvgIpc) is 2.85. The fraction of sp³-hybridized carbons (Fsp3) is 0.500. The van der Waals surface area contributed by atoms with E-state index in [4.69, 9.17) is 0 Å². The van der Waals surface area contributed by atoms with Gasteiger partial charge < -0.3 is 10.0 Å². The number of hydrogen-bond donors (Lipinski definition) is 1. The Hall–Kier alpha value is -1.58. The van der Waals surface area contributed by atoms with Gasteiger partial charge in [-0.15, -0.1) is 0 Å². The smallest absolute Gasteiger partial charge is 0.337 e. The van der Waals surface area contributed by atoms with Crippen molar-refractivity contribution >= 4 is 11.7 Å². The van der Waals surface area contributed by atoms with Gasteiger partial charge in [0, 0.05) is 12.6 Å². The molecule has 0 aromatic heterocycles. The third-order valence-corrected chi connectivity index (χ3v) is 3.61. The fourth-order valence-corrected chi connectivity index (χ4v) is 2.79. The Labute approximate surface area is 106 Å². The number of aromatic carboxylic acids is 1. The highest BCUT2D eigenvalue weighted by molar-refractivity contribution is 5.94. The molecule has 0 bridgehead atoms. The van der Waals surface area contributed by atoms with Crippen LogP contribution in [0.4, 0.5) is 10.1 Å². The van der Waals surface area contributed by atoms with Gasteiger partial charge in [0.25, 0.3) is 0 Å². The summed E-state index contributed by atoms with van der Waals surface area (Å²) in [6.07, 6.45) is 4.30. The Morgan fingerprint density at radius 1 is 1.44 bits per heavy atom. The van der Waals surface area contributed by atoms with Crippen LogP contribution >= 0.6 is 0 Å². The molecule has 98 valence electrons. The molecule has 4 heteroatoms. The molecule has 0 spiro atoms. The zero-order valence-corrected chi connectivity index (χ0v) is 10.5. The molecule has 0 unspecified atom stereocenters. The summed E-state index contributed by atoms with van der Waals surface area (Å²) in [5.41, 5.74) is 0.308. The standard InChI is InChI=1S/C14H18FNO2/c1-2-16(10-6-3-4-7-10)13-11(14(17)18)8-5-9-12(13)15/h5,8-10H,2-4,6-7H2,1H3,(H,17,18). The summed E-state index contributed by atoms with van der Waals surface area (Å²) in [7, 11) is 0. The van der Waals surface area contributed by atoms with Gasteiger partial charge in [0.2, 0.25) is 0 Å². The Kier molecular flexibility index (Phi) is 3.84. The van der Waals surface area contributed by atoms with Gasteiger partial charge in [-0.3, -0.25) is 0 Å². The SMILES string of the molecule is CCN(c1c(F)cccc1C(=O)O)C1CCCC1. The Morgan fingerprint density at radius 3 is 2.67 bits per heavy atom. The Morgan fingerprint density at radius 2 is 2.11 bits per heavy atom. The highest BCUT2D eigenvalue weighted by Crippen LogP contribution is 2.32. The molecular formula is C14H18FNO2. The van der Waals surface area contributed by atoms with Gasteiger partial charge in [0.1, 0.15) is 5.82 Å². The van der Waals surface area contributed by atoms with Crippen molar-refractivity contribution in [1.29, 1.82) is 0 Å². The van der Waals surface area contributed by atoms with Gasteiger partial charge in [-0.2, -0.15) is 0 Å². The number of carboxylic acids is 1. The van der Waals surface area contributed by atoms with E-state index in [0.717, 1.165) is 25.7 Å². The molecule has 1 aromatic carbocycles. The molecule has 0 radical (unpaired) electrons. The van der Waals surface area contributed by atoms with Crippen LogP contribution in [0, 0.1) is 5.82 Å². The van der Waals surface area contributed by atoms with Crippen molar-refractivity contribution in [2.75, 3.05) is 11.4 Å². The molecule has 0 heterocycles. The lowest BCUT2D eigenvalue weighted by Gasteiger charge is -2.31. The summed E-state index contributed by atoms with van der Waals surface area (Å²) in [6, 6.07) is 4.52. The van der Waals surface area contributed by atoms with Crippen LogP contribution in [0.2, 0.25) is 0 Å². The number of carbonyl (C=O) groups is 1. The molecule has 18 heavy (non-hydrogen) atoms. The Bertz CT molecular complexity index is 441. The topological polar surface area (TPSA) is 40.5 Å². The van der Waals surface area contributed by atoms with E-state index < -0.39 is 11.8 Å². The number of rotatable bonds is 4. The van der Waals surface area contributed by atoms with E-state index in [1.54, 1.807) is 0 Å². The zero-order valence-electron chi connectivity index (χ0n) is 10.5. The molecule has 3 nitrogen and oxygen atoms in total. The molecule has 1 aliphatic rings. The van der Waals surface area contributed by atoms with Crippen molar-refractivity contribution < 1.29 is 14.3 Å². The second-order valence-electron chi connectivity index (χ2n) is 4.67. The predicted molar refractivity (Wildman–Crippen MR) is 68.6 cm³/mol. The molecule has 1 saturated carbocycles. The van der Waals surface area contributed by atoms with E-state index >= 15 is 0 Å². The molecule has 0 atom stereocenters. The van der Waals surface area contributed by atoms with Gasteiger partial charge >= 0.3 is 5.97 Å². The molecule has 0 amide bonds. The van der Waals surface area contributed by atoms with Crippen molar-refractivity contribution in [3.8, 4) is 0 Å². The summed E-state index contributed by atoms with van der Waals surface area (Å²) >= 11 is 0. The van der Waals surface area contributed by atoms with E-state index in [1.165, 1.54) is 18.2 Å². The second-order valence-corrected chi connectivity index (χ2v) is 4.67. The summed E-state index contributed by atoms with van der Waals surface area (Å²) in [4.78, 5) is 13.1. The Balaban J connectivity index is 2.43. The quantitative estimate of drug-likeness (QED) is 0.892. The zero-order chi connectivity index (χ0) is 13.1. The normalized spacial score (nSPS) is 15.9. The summed E-state index contributed by atoms with van der Waals surface area (Å²) in [6.45, 7) is 2.57. The lowest BCUT2D eigenvalue weighted by Crippen LogP contribution is -2.35. The maximum Gasteiger partial charge on any atom is 0.337 e. The van der Waals surface area contributed by atoms with Crippen LogP contribution in [0.3, 0.4) is 0 Å². The van der Waals surface area contributed by atoms with Crippen LogP contribution in [0.15, 0.2) is 18.2 Å². The second kappa shape index (κ2) is 5.38. The highest BCUT2D eigenvalue weighted by atomic mass is 19.1. The first-order valence-electron chi connectivity index (χ1n) is 6.43. The largest absolute Gasteiger partial charge is 0.478 e. The first kappa shape index (κ1) is 12.9. The van der Waals surface area contributed by atoms with Gasteiger partial charge in [-0.1, -0.05) is 18.9 Å². The van der Waals surface area contributed by atoms with Crippen LogP contribution in [0.25, 0.3) is 0 Å². The molecular weight excluding hydrogens is 233 g/mol. The number of nitrogens with zero attached hydrogens (tertiary/aromatic N) is 1. The first-order valence-corrected chi connectivity index (χ1v) is 6.43. The maximum absolute atomic E-state index is 14.0. The summed E-state index contributed by atoms with van der Waals surface area (Å²) in [5.74, 6) is -1.51. The number of carboxylic acid groups (broad SMARTS) is 1. The van der Waals surface area contributed by atoms with Crippen molar-refractivity contribution in [1.82, 2.24) is 0 Å². The van der Waals surface area contributed by atoms with Crippen LogP contribution < -0.4 is 4.90 Å². The maximum atomic E-state index is 14.0. The van der Waals surface area contributed by atoms with Crippen LogP contribution in [0.5, 0.6) is 0 Å². The van der Waals surface area contributed by atoms with Crippen LogP contribution in [0.1, 0.15) is 43.0 Å². The van der Waals surface area contributed by atoms with Crippen LogP contribution in [-0.2, 0) is 0 Å². The molecule has 1 aliphatic carbocycles. The molecule has 0 saturated heterocycles. The predicted octanol–water partition coefficient (Wildman–Crippen LogP) is 3.29. The number of hydrogen-bond acceptors (Lipinski definition) is 2. The number of benzene rings is 1. The van der Waals surface area contributed by atoms with Gasteiger partial charge in [-0.05, 0) is 31.9 Å². The van der Waals surface area contributed by atoms with Crippen molar-refractivity contribution in [3.05, 3.63) is 29.6 Å². The van der Waals surface area contributed by atoms with Gasteiger partial charge in [-0.25, -0.2) is 9.18 Å². The summed E-state index contributed by atoms with van der Waals surface area (Å²) in [5, 5.41) is 9.18. The van der Waals surface area contributed by atoms with Crippen LogP contribution in [-0.4, -0.2) is 23.7 Å². The molecule has 1 N–H and O–H groups in total. The lowest BCUT2D eigenvalue weighted by molar-refractivity contribution is 0.0697. The van der Waals surface area contributed by atoms with E-state index in [2.05, 4.69) is 0 Å². The minimum Gasteiger partial charge on any atom is -0.478 e. The molecule has 0 aliphatic heterocycles. The molecule has 1 fully saturated rings. The average molecular weight is 251 g/mol. The number of anilines is 1. The van der Waals surface area contributed by atoms with Gasteiger partial charge in [0.05, 0.1) is 11.3 Å². The van der Waals surface area contributed by atoms with Gasteiger partial charge in [0.15, 0.2) is 0 Å². The number of halogens is 1. The third kappa shape index (κ3) is 2.33. The van der Waals surface area contributed by atoms with Crippen molar-refractivity contribution in [2.45, 2.75) is 38.6 Å². The van der Waals surface area contributed by atoms with E-state index in [-0.39, 0.29) is 17.3 Å². The fourth-order valence-electron chi connectivity index (χ4n) is 2.79. The summed E-state index contributed by atoms with van der Waals surface area (Å²) < 4.78 is 14.0. The molecule has 1 aromatic rings. The number of para-hydroxylation sites is 1. The minimum absolute atomic E-state index is 0.0590.